The Kier molecular flexibility index (Phi) is 4.51. The molecular weight excluding hydrogens is 304 g/mol. The Bertz CT molecular complexity index is 799. The minimum absolute atomic E-state index is 0.0236. The second-order valence-electron chi connectivity index (χ2n) is 5.93. The van der Waals surface area contributed by atoms with Crippen LogP contribution in [0.5, 0.6) is 5.75 Å². The molecule has 5 heteroatoms. The minimum Gasteiger partial charge on any atom is -0.495 e. The summed E-state index contributed by atoms with van der Waals surface area (Å²) in [5.74, 6) is 0.448. The van der Waals surface area contributed by atoms with Gasteiger partial charge in [-0.05, 0) is 61.2 Å². The van der Waals surface area contributed by atoms with Crippen LogP contribution in [0.2, 0.25) is 0 Å². The van der Waals surface area contributed by atoms with Crippen molar-refractivity contribution in [2.45, 2.75) is 26.2 Å². The number of ether oxygens (including phenoxy) is 1. The molecule has 0 radical (unpaired) electrons. The van der Waals surface area contributed by atoms with Crippen molar-refractivity contribution >= 4 is 23.2 Å². The largest absolute Gasteiger partial charge is 0.495 e. The van der Waals surface area contributed by atoms with Gasteiger partial charge >= 0.3 is 0 Å². The topological polar surface area (TPSA) is 67.4 Å². The van der Waals surface area contributed by atoms with Gasteiger partial charge in [-0.15, -0.1) is 0 Å². The summed E-state index contributed by atoms with van der Waals surface area (Å²) in [6.07, 6.45) is 2.08. The number of aryl methyl sites for hydroxylation is 2. The molecule has 0 spiro atoms. The minimum atomic E-state index is -0.197. The molecule has 0 bridgehead atoms. The normalized spacial score (nSPS) is 13.5. The average Bonchev–Trinajstić information content (AvgIpc) is 2.74. The smallest absolute Gasteiger partial charge is 0.255 e. The van der Waals surface area contributed by atoms with Crippen molar-refractivity contribution in [1.82, 2.24) is 0 Å². The highest BCUT2D eigenvalue weighted by molar-refractivity contribution is 6.05. The predicted octanol–water partition coefficient (Wildman–Crippen LogP) is 3.53. The summed E-state index contributed by atoms with van der Waals surface area (Å²) in [6, 6.07) is 11.0. The van der Waals surface area contributed by atoms with Gasteiger partial charge in [-0.25, -0.2) is 0 Å². The molecule has 3 rings (SSSR count). The van der Waals surface area contributed by atoms with Crippen molar-refractivity contribution in [2.24, 2.45) is 0 Å². The molecule has 5 nitrogen and oxygen atoms in total. The van der Waals surface area contributed by atoms with Gasteiger partial charge in [-0.3, -0.25) is 9.59 Å². The molecule has 0 fully saturated rings. The van der Waals surface area contributed by atoms with E-state index in [9.17, 15) is 9.59 Å². The number of hydrogen-bond acceptors (Lipinski definition) is 3. The Hall–Kier alpha value is -2.82. The van der Waals surface area contributed by atoms with Crippen LogP contribution in [0, 0.1) is 6.92 Å². The third-order valence-electron chi connectivity index (χ3n) is 4.09. The number of fused-ring (bicyclic) bond motifs is 1. The molecular formula is C19H20N2O3. The van der Waals surface area contributed by atoms with E-state index in [0.717, 1.165) is 29.7 Å². The molecule has 0 aliphatic carbocycles. The van der Waals surface area contributed by atoms with Gasteiger partial charge in [0, 0.05) is 17.7 Å². The highest BCUT2D eigenvalue weighted by Gasteiger charge is 2.16. The van der Waals surface area contributed by atoms with Crippen molar-refractivity contribution < 1.29 is 14.3 Å². The van der Waals surface area contributed by atoms with Gasteiger partial charge in [-0.1, -0.05) is 6.07 Å². The summed E-state index contributed by atoms with van der Waals surface area (Å²) in [5.41, 5.74) is 4.03. The maximum absolute atomic E-state index is 12.6. The van der Waals surface area contributed by atoms with Crippen molar-refractivity contribution in [3.8, 4) is 5.75 Å². The molecule has 0 unspecified atom stereocenters. The van der Waals surface area contributed by atoms with Crippen LogP contribution in [0.4, 0.5) is 11.4 Å². The maximum Gasteiger partial charge on any atom is 0.255 e. The zero-order valence-corrected chi connectivity index (χ0v) is 13.8. The van der Waals surface area contributed by atoms with Gasteiger partial charge in [0.05, 0.1) is 12.8 Å². The molecule has 1 heterocycles. The van der Waals surface area contributed by atoms with E-state index in [0.29, 0.717) is 23.4 Å². The number of carbonyl (C=O) groups excluding carboxylic acids is 2. The fraction of sp³-hybridized carbons (Fsp3) is 0.263. The number of rotatable bonds is 3. The van der Waals surface area contributed by atoms with Crippen molar-refractivity contribution in [2.75, 3.05) is 17.7 Å². The standard InChI is InChI=1S/C19H20N2O3/c1-12-6-9-17(24-2)16(10-12)21-19(23)14-7-8-15-13(11-14)4-3-5-18(22)20-15/h6-11H,3-5H2,1-2H3,(H,20,22)(H,21,23). The van der Waals surface area contributed by atoms with Crippen LogP contribution in [0.25, 0.3) is 0 Å². The van der Waals surface area contributed by atoms with Gasteiger partial charge < -0.3 is 15.4 Å². The van der Waals surface area contributed by atoms with Gasteiger partial charge in [-0.2, -0.15) is 0 Å². The summed E-state index contributed by atoms with van der Waals surface area (Å²) in [5, 5.41) is 5.77. The number of methoxy groups -OCH3 is 1. The van der Waals surface area contributed by atoms with E-state index >= 15 is 0 Å². The molecule has 2 aromatic rings. The molecule has 0 atom stereocenters. The Labute approximate surface area is 141 Å². The second kappa shape index (κ2) is 6.74. The highest BCUT2D eigenvalue weighted by Crippen LogP contribution is 2.27. The summed E-state index contributed by atoms with van der Waals surface area (Å²) in [4.78, 5) is 24.2. The summed E-state index contributed by atoms with van der Waals surface area (Å²) in [7, 11) is 1.57. The van der Waals surface area contributed by atoms with Gasteiger partial charge in [0.15, 0.2) is 0 Å². The molecule has 2 aromatic carbocycles. The fourth-order valence-corrected chi connectivity index (χ4v) is 2.83. The first-order valence-electron chi connectivity index (χ1n) is 7.95. The Morgan fingerprint density at radius 3 is 2.79 bits per heavy atom. The zero-order chi connectivity index (χ0) is 17.1. The molecule has 0 saturated carbocycles. The van der Waals surface area contributed by atoms with E-state index in [4.69, 9.17) is 4.74 Å². The van der Waals surface area contributed by atoms with E-state index in [1.807, 2.05) is 31.2 Å². The van der Waals surface area contributed by atoms with Crippen LogP contribution in [0.1, 0.15) is 34.3 Å². The summed E-state index contributed by atoms with van der Waals surface area (Å²) in [6.45, 7) is 1.96. The summed E-state index contributed by atoms with van der Waals surface area (Å²) < 4.78 is 5.29. The van der Waals surface area contributed by atoms with Crippen LogP contribution in [0.15, 0.2) is 36.4 Å². The lowest BCUT2D eigenvalue weighted by Gasteiger charge is -2.12. The first kappa shape index (κ1) is 16.1. The average molecular weight is 324 g/mol. The lowest BCUT2D eigenvalue weighted by molar-refractivity contribution is -0.116. The third kappa shape index (κ3) is 3.40. The SMILES string of the molecule is COc1ccc(C)cc1NC(=O)c1ccc2c(c1)CCCC(=O)N2. The van der Waals surface area contributed by atoms with Crippen LogP contribution in [-0.2, 0) is 11.2 Å². The van der Waals surface area contributed by atoms with E-state index in [2.05, 4.69) is 10.6 Å². The lowest BCUT2D eigenvalue weighted by atomic mass is 10.0. The number of hydrogen-bond donors (Lipinski definition) is 2. The highest BCUT2D eigenvalue weighted by atomic mass is 16.5. The molecule has 124 valence electrons. The Morgan fingerprint density at radius 1 is 1.17 bits per heavy atom. The van der Waals surface area contributed by atoms with Crippen molar-refractivity contribution in [1.29, 1.82) is 0 Å². The molecule has 2 N–H and O–H groups in total. The van der Waals surface area contributed by atoms with Gasteiger partial charge in [0.2, 0.25) is 5.91 Å². The quantitative estimate of drug-likeness (QED) is 0.907. The molecule has 24 heavy (non-hydrogen) atoms. The molecule has 0 saturated heterocycles. The second-order valence-corrected chi connectivity index (χ2v) is 5.93. The lowest BCUT2D eigenvalue weighted by Crippen LogP contribution is -2.14. The Morgan fingerprint density at radius 2 is 2.00 bits per heavy atom. The molecule has 1 aliphatic rings. The van der Waals surface area contributed by atoms with E-state index in [-0.39, 0.29) is 11.8 Å². The number of benzene rings is 2. The number of amides is 2. The van der Waals surface area contributed by atoms with E-state index in [1.165, 1.54) is 0 Å². The third-order valence-corrected chi connectivity index (χ3v) is 4.09. The van der Waals surface area contributed by atoms with Crippen LogP contribution in [-0.4, -0.2) is 18.9 Å². The molecule has 2 amide bonds. The Balaban J connectivity index is 1.85. The van der Waals surface area contributed by atoms with Gasteiger partial charge in [0.1, 0.15) is 5.75 Å². The number of nitrogens with one attached hydrogen (secondary N) is 2. The molecule has 0 aromatic heterocycles. The number of carbonyl (C=O) groups is 2. The van der Waals surface area contributed by atoms with Crippen LogP contribution in [0.3, 0.4) is 0 Å². The van der Waals surface area contributed by atoms with Crippen LogP contribution >= 0.6 is 0 Å². The first-order valence-corrected chi connectivity index (χ1v) is 7.95. The fourth-order valence-electron chi connectivity index (χ4n) is 2.83. The number of anilines is 2. The molecule has 1 aliphatic heterocycles. The maximum atomic E-state index is 12.6. The van der Waals surface area contributed by atoms with Crippen LogP contribution < -0.4 is 15.4 Å². The van der Waals surface area contributed by atoms with E-state index in [1.54, 1.807) is 19.2 Å². The van der Waals surface area contributed by atoms with Gasteiger partial charge in [0.25, 0.3) is 5.91 Å². The van der Waals surface area contributed by atoms with E-state index < -0.39 is 0 Å². The zero-order valence-electron chi connectivity index (χ0n) is 13.8. The van der Waals surface area contributed by atoms with Crippen molar-refractivity contribution in [3.63, 3.8) is 0 Å². The van der Waals surface area contributed by atoms with Crippen molar-refractivity contribution in [3.05, 3.63) is 53.1 Å². The first-order chi connectivity index (χ1) is 11.6. The summed E-state index contributed by atoms with van der Waals surface area (Å²) >= 11 is 0. The monoisotopic (exact) mass is 324 g/mol. The predicted molar refractivity (Wildman–Crippen MR) is 93.7 cm³/mol.